The van der Waals surface area contributed by atoms with Crippen LogP contribution in [0, 0.1) is 0 Å². The number of nitrogens with two attached hydrogens (primary N) is 1. The summed E-state index contributed by atoms with van der Waals surface area (Å²) in [7, 11) is 0.817. The smallest absolute Gasteiger partial charge is 0.146 e. The third-order valence-corrected chi connectivity index (χ3v) is 2.86. The standard InChI is InChI=1S/C7H19NOSi/c1-6(8)4-5-7(2,3)9-10/h6H,4-5,8H2,1-3,10H3. The van der Waals surface area contributed by atoms with Gasteiger partial charge in [-0.25, -0.2) is 0 Å². The van der Waals surface area contributed by atoms with Gasteiger partial charge in [0, 0.05) is 11.6 Å². The monoisotopic (exact) mass is 161 g/mol. The van der Waals surface area contributed by atoms with Crippen molar-refractivity contribution in [2.75, 3.05) is 0 Å². The Morgan fingerprint density at radius 1 is 1.60 bits per heavy atom. The predicted molar refractivity (Wildman–Crippen MR) is 48.0 cm³/mol. The van der Waals surface area contributed by atoms with Gasteiger partial charge in [0.15, 0.2) is 0 Å². The summed E-state index contributed by atoms with van der Waals surface area (Å²) in [6.07, 6.45) is 2.11. The fourth-order valence-electron chi connectivity index (χ4n) is 0.677. The first-order chi connectivity index (χ1) is 4.48. The second-order valence-electron chi connectivity index (χ2n) is 3.48. The topological polar surface area (TPSA) is 35.2 Å². The van der Waals surface area contributed by atoms with Gasteiger partial charge in [-0.3, -0.25) is 0 Å². The summed E-state index contributed by atoms with van der Waals surface area (Å²) in [5.74, 6) is 0. The van der Waals surface area contributed by atoms with Gasteiger partial charge in [0.25, 0.3) is 0 Å². The van der Waals surface area contributed by atoms with Crippen LogP contribution in [-0.4, -0.2) is 22.1 Å². The lowest BCUT2D eigenvalue weighted by Crippen LogP contribution is -2.26. The Labute approximate surface area is 66.7 Å². The van der Waals surface area contributed by atoms with Gasteiger partial charge in [-0.2, -0.15) is 0 Å². The van der Waals surface area contributed by atoms with Crippen LogP contribution in [0.5, 0.6) is 0 Å². The minimum atomic E-state index is 0.0554. The van der Waals surface area contributed by atoms with Gasteiger partial charge in [0.2, 0.25) is 0 Å². The van der Waals surface area contributed by atoms with Crippen LogP contribution in [-0.2, 0) is 4.43 Å². The first-order valence-electron chi connectivity index (χ1n) is 3.78. The summed E-state index contributed by atoms with van der Waals surface area (Å²) in [4.78, 5) is 0. The van der Waals surface area contributed by atoms with Crippen LogP contribution < -0.4 is 5.73 Å². The van der Waals surface area contributed by atoms with Crippen LogP contribution in [0.25, 0.3) is 0 Å². The fourth-order valence-corrected chi connectivity index (χ4v) is 0.881. The van der Waals surface area contributed by atoms with E-state index in [0.29, 0.717) is 6.04 Å². The van der Waals surface area contributed by atoms with Crippen LogP contribution in [0.4, 0.5) is 0 Å². The number of hydrogen-bond donors (Lipinski definition) is 1. The molecule has 3 heteroatoms. The molecule has 10 heavy (non-hydrogen) atoms. The van der Waals surface area contributed by atoms with Crippen molar-refractivity contribution in [1.29, 1.82) is 0 Å². The molecule has 0 bridgehead atoms. The van der Waals surface area contributed by atoms with Crippen molar-refractivity contribution in [3.8, 4) is 0 Å². The van der Waals surface area contributed by atoms with Crippen LogP contribution in [0.1, 0.15) is 33.6 Å². The van der Waals surface area contributed by atoms with E-state index in [1.54, 1.807) is 0 Å². The molecule has 0 heterocycles. The van der Waals surface area contributed by atoms with Gasteiger partial charge in [-0.15, -0.1) is 0 Å². The van der Waals surface area contributed by atoms with E-state index >= 15 is 0 Å². The van der Waals surface area contributed by atoms with E-state index in [9.17, 15) is 0 Å². The minimum Gasteiger partial charge on any atom is -0.423 e. The molecule has 2 N–H and O–H groups in total. The van der Waals surface area contributed by atoms with E-state index in [1.165, 1.54) is 0 Å². The largest absolute Gasteiger partial charge is 0.423 e. The summed E-state index contributed by atoms with van der Waals surface area (Å²) in [5.41, 5.74) is 5.67. The molecule has 0 aromatic rings. The lowest BCUT2D eigenvalue weighted by molar-refractivity contribution is 0.108. The van der Waals surface area contributed by atoms with Gasteiger partial charge < -0.3 is 10.2 Å². The number of hydrogen-bond acceptors (Lipinski definition) is 2. The second-order valence-corrected chi connectivity index (χ2v) is 3.89. The van der Waals surface area contributed by atoms with E-state index in [2.05, 4.69) is 13.8 Å². The highest BCUT2D eigenvalue weighted by Crippen LogP contribution is 2.15. The maximum atomic E-state index is 5.61. The van der Waals surface area contributed by atoms with Crippen molar-refractivity contribution in [2.24, 2.45) is 5.73 Å². The molecule has 0 saturated heterocycles. The van der Waals surface area contributed by atoms with Gasteiger partial charge in [-0.05, 0) is 33.6 Å². The Kier molecular flexibility index (Phi) is 4.16. The third-order valence-electron chi connectivity index (χ3n) is 1.75. The normalized spacial score (nSPS) is 15.6. The highest BCUT2D eigenvalue weighted by Gasteiger charge is 2.15. The Morgan fingerprint density at radius 2 is 2.10 bits per heavy atom. The molecule has 62 valence electrons. The van der Waals surface area contributed by atoms with E-state index in [4.69, 9.17) is 10.2 Å². The molecular weight excluding hydrogens is 142 g/mol. The van der Waals surface area contributed by atoms with Crippen LogP contribution in [0.3, 0.4) is 0 Å². The zero-order valence-corrected chi connectivity index (χ0v) is 9.48. The van der Waals surface area contributed by atoms with Crippen molar-refractivity contribution in [2.45, 2.75) is 45.3 Å². The molecule has 0 aliphatic carbocycles. The van der Waals surface area contributed by atoms with E-state index in [-0.39, 0.29) is 5.60 Å². The molecule has 0 amide bonds. The molecule has 0 aliphatic rings. The molecule has 1 unspecified atom stereocenters. The molecule has 2 nitrogen and oxygen atoms in total. The first-order valence-corrected chi connectivity index (χ1v) is 4.60. The maximum absolute atomic E-state index is 5.61. The molecule has 0 aromatic heterocycles. The summed E-state index contributed by atoms with van der Waals surface area (Å²) in [6.45, 7) is 6.26. The summed E-state index contributed by atoms with van der Waals surface area (Å²) in [5, 5.41) is 0. The highest BCUT2D eigenvalue weighted by atomic mass is 28.2. The lowest BCUT2D eigenvalue weighted by atomic mass is 10.0. The quantitative estimate of drug-likeness (QED) is 0.597. The molecule has 0 radical (unpaired) electrons. The maximum Gasteiger partial charge on any atom is 0.146 e. The average molecular weight is 161 g/mol. The summed E-state index contributed by atoms with van der Waals surface area (Å²) >= 11 is 0. The molecule has 0 spiro atoms. The van der Waals surface area contributed by atoms with Gasteiger partial charge >= 0.3 is 0 Å². The fraction of sp³-hybridized carbons (Fsp3) is 1.00. The summed E-state index contributed by atoms with van der Waals surface area (Å²) in [6, 6.07) is 0.302. The molecule has 0 saturated carbocycles. The van der Waals surface area contributed by atoms with Crippen molar-refractivity contribution in [3.05, 3.63) is 0 Å². The van der Waals surface area contributed by atoms with Crippen LogP contribution >= 0.6 is 0 Å². The Morgan fingerprint density at radius 3 is 2.40 bits per heavy atom. The molecule has 0 fully saturated rings. The van der Waals surface area contributed by atoms with Crippen LogP contribution in [0.2, 0.25) is 0 Å². The third kappa shape index (κ3) is 4.96. The zero-order valence-electron chi connectivity index (χ0n) is 7.48. The molecule has 0 rings (SSSR count). The van der Waals surface area contributed by atoms with Crippen molar-refractivity contribution >= 4 is 10.5 Å². The first kappa shape index (κ1) is 10.1. The van der Waals surface area contributed by atoms with Gasteiger partial charge in [-0.1, -0.05) is 0 Å². The van der Waals surface area contributed by atoms with Gasteiger partial charge in [0.05, 0.1) is 0 Å². The van der Waals surface area contributed by atoms with Crippen molar-refractivity contribution in [1.82, 2.24) is 0 Å². The van der Waals surface area contributed by atoms with Crippen molar-refractivity contribution in [3.63, 3.8) is 0 Å². The Hall–Kier alpha value is 0.137. The summed E-state index contributed by atoms with van der Waals surface area (Å²) < 4.78 is 5.37. The molecule has 1 atom stereocenters. The zero-order chi connectivity index (χ0) is 8.20. The Bertz CT molecular complexity index is 93.6. The molecule has 0 aromatic carbocycles. The SMILES string of the molecule is CC(N)CCC(C)(C)O[SiH3]. The Balaban J connectivity index is 3.46. The van der Waals surface area contributed by atoms with Gasteiger partial charge in [0.1, 0.15) is 10.5 Å². The molecule has 0 aliphatic heterocycles. The highest BCUT2D eigenvalue weighted by molar-refractivity contribution is 5.98. The average Bonchev–Trinajstić information content (AvgIpc) is 1.85. The van der Waals surface area contributed by atoms with E-state index < -0.39 is 0 Å². The van der Waals surface area contributed by atoms with E-state index in [0.717, 1.165) is 23.3 Å². The second kappa shape index (κ2) is 4.11. The predicted octanol–water partition coefficient (Wildman–Crippen LogP) is 0.189. The minimum absolute atomic E-state index is 0.0554. The van der Waals surface area contributed by atoms with Crippen molar-refractivity contribution < 1.29 is 4.43 Å². The number of rotatable bonds is 4. The van der Waals surface area contributed by atoms with E-state index in [1.807, 2.05) is 6.92 Å². The molecular formula is C7H19NOSi. The van der Waals surface area contributed by atoms with Crippen LogP contribution in [0.15, 0.2) is 0 Å². The lowest BCUT2D eigenvalue weighted by Gasteiger charge is -2.24.